The first-order valence-corrected chi connectivity index (χ1v) is 10.9. The lowest BCUT2D eigenvalue weighted by Crippen LogP contribution is -2.47. The fourth-order valence-corrected chi connectivity index (χ4v) is 4.06. The van der Waals surface area contributed by atoms with Crippen LogP contribution in [0.2, 0.25) is 0 Å². The van der Waals surface area contributed by atoms with Crippen molar-refractivity contribution in [1.29, 1.82) is 0 Å². The van der Waals surface area contributed by atoms with Gasteiger partial charge in [0.2, 0.25) is 5.91 Å². The van der Waals surface area contributed by atoms with E-state index >= 15 is 0 Å². The Balaban J connectivity index is 1.73. The number of nitrogens with one attached hydrogen (secondary N) is 2. The van der Waals surface area contributed by atoms with Crippen LogP contribution in [0, 0.1) is 5.41 Å². The Kier molecular flexibility index (Phi) is 6.72. The first-order chi connectivity index (χ1) is 14.6. The second kappa shape index (κ2) is 9.12. The van der Waals surface area contributed by atoms with Crippen molar-refractivity contribution in [3.05, 3.63) is 35.9 Å². The number of rotatable bonds is 6. The fourth-order valence-electron chi connectivity index (χ4n) is 4.06. The third kappa shape index (κ3) is 5.66. The Bertz CT molecular complexity index is 943. The molecule has 1 heterocycles. The van der Waals surface area contributed by atoms with Gasteiger partial charge >= 0.3 is 6.09 Å². The average Bonchev–Trinajstić information content (AvgIpc) is 3.19. The zero-order chi connectivity index (χ0) is 22.6. The van der Waals surface area contributed by atoms with E-state index in [4.69, 9.17) is 4.74 Å². The molecule has 0 atom stereocenters. The number of aromatic nitrogens is 1. The molecule has 0 radical (unpaired) electrons. The van der Waals surface area contributed by atoms with E-state index in [1.54, 1.807) is 0 Å². The minimum absolute atomic E-state index is 0.0200. The normalized spacial score (nSPS) is 15.5. The van der Waals surface area contributed by atoms with Gasteiger partial charge in [0.1, 0.15) is 11.4 Å². The molecule has 3 rings (SSSR count). The maximum Gasteiger partial charge on any atom is 0.407 e. The second-order valence-electron chi connectivity index (χ2n) is 9.58. The molecule has 2 aromatic rings. The minimum atomic E-state index is -0.593. The summed E-state index contributed by atoms with van der Waals surface area (Å²) in [7, 11) is 3.91. The van der Waals surface area contributed by atoms with Crippen LogP contribution in [0.3, 0.4) is 0 Å². The largest absolute Gasteiger partial charge is 0.444 e. The summed E-state index contributed by atoms with van der Waals surface area (Å²) in [6.07, 6.45) is 2.99. The average molecular weight is 427 g/mol. The van der Waals surface area contributed by atoms with Gasteiger partial charge in [-0.3, -0.25) is 4.79 Å². The lowest BCUT2D eigenvalue weighted by atomic mass is 9.85. The minimum Gasteiger partial charge on any atom is -0.444 e. The highest BCUT2D eigenvalue weighted by molar-refractivity contribution is 5.86. The molecule has 2 amide bonds. The van der Waals surface area contributed by atoms with E-state index in [-0.39, 0.29) is 12.5 Å². The number of anilines is 1. The molecule has 168 valence electrons. The van der Waals surface area contributed by atoms with Crippen LogP contribution in [0.1, 0.15) is 52.0 Å². The molecule has 1 aliphatic rings. The van der Waals surface area contributed by atoms with Crippen molar-refractivity contribution in [2.75, 3.05) is 25.5 Å². The number of nitrogens with zero attached hydrogens (tertiary/aromatic N) is 2. The van der Waals surface area contributed by atoms with Crippen LogP contribution < -0.4 is 15.5 Å². The molecular formula is C24H34N4O3. The number of pyridine rings is 1. The Hall–Kier alpha value is -2.83. The summed E-state index contributed by atoms with van der Waals surface area (Å²) in [5.74, 6) is 0.832. The molecule has 1 aromatic heterocycles. The topological polar surface area (TPSA) is 83.6 Å². The van der Waals surface area contributed by atoms with Crippen LogP contribution in [-0.2, 0) is 16.1 Å². The van der Waals surface area contributed by atoms with Crippen molar-refractivity contribution in [3.63, 3.8) is 0 Å². The van der Waals surface area contributed by atoms with E-state index in [9.17, 15) is 9.59 Å². The lowest BCUT2D eigenvalue weighted by Gasteiger charge is -2.29. The highest BCUT2D eigenvalue weighted by Crippen LogP contribution is 2.38. The van der Waals surface area contributed by atoms with Gasteiger partial charge in [0.25, 0.3) is 0 Å². The van der Waals surface area contributed by atoms with E-state index in [0.717, 1.165) is 48.0 Å². The Labute approximate surface area is 184 Å². The first-order valence-electron chi connectivity index (χ1n) is 10.9. The number of carbonyl (C=O) groups is 2. The van der Waals surface area contributed by atoms with Crippen LogP contribution in [0.25, 0.3) is 10.9 Å². The maximum atomic E-state index is 13.3. The number of ether oxygens (including phenoxy) is 1. The summed E-state index contributed by atoms with van der Waals surface area (Å²) in [6, 6.07) is 9.97. The van der Waals surface area contributed by atoms with Crippen LogP contribution >= 0.6 is 0 Å². The zero-order valence-corrected chi connectivity index (χ0v) is 19.2. The number of para-hydroxylation sites is 1. The summed E-state index contributed by atoms with van der Waals surface area (Å²) in [5.41, 5.74) is 0.766. The number of alkyl carbamates (subject to hydrolysis) is 1. The summed E-state index contributed by atoms with van der Waals surface area (Å²) in [4.78, 5) is 32.0. The molecule has 7 heteroatoms. The molecule has 31 heavy (non-hydrogen) atoms. The van der Waals surface area contributed by atoms with Crippen LogP contribution in [0.5, 0.6) is 0 Å². The van der Waals surface area contributed by atoms with Crippen molar-refractivity contribution in [3.8, 4) is 0 Å². The highest BCUT2D eigenvalue weighted by atomic mass is 16.6. The molecule has 1 fully saturated rings. The second-order valence-corrected chi connectivity index (χ2v) is 9.58. The molecule has 1 aliphatic carbocycles. The van der Waals surface area contributed by atoms with E-state index in [1.807, 2.05) is 70.1 Å². The quantitative estimate of drug-likeness (QED) is 0.729. The standard InChI is InChI=1S/C24H34N4O3/c1-23(2,3)31-22(30)26-16-24(12-8-9-13-24)21(29)25-15-17-14-20(28(4)5)27-19-11-7-6-10-18(17)19/h6-7,10-11,14H,8-9,12-13,15-16H2,1-5H3,(H,25,29)(H,26,30). The molecule has 0 spiro atoms. The van der Waals surface area contributed by atoms with Crippen molar-refractivity contribution in [1.82, 2.24) is 15.6 Å². The molecule has 0 saturated heterocycles. The van der Waals surface area contributed by atoms with Gasteiger partial charge in [0, 0.05) is 32.6 Å². The van der Waals surface area contributed by atoms with Crippen LogP contribution in [0.15, 0.2) is 30.3 Å². The number of hydrogen-bond donors (Lipinski definition) is 2. The van der Waals surface area contributed by atoms with Crippen molar-refractivity contribution in [2.45, 2.75) is 58.6 Å². The van der Waals surface area contributed by atoms with E-state index in [2.05, 4.69) is 15.6 Å². The molecule has 2 N–H and O–H groups in total. The molecule has 1 aromatic carbocycles. The molecule has 0 bridgehead atoms. The fraction of sp³-hybridized carbons (Fsp3) is 0.542. The number of hydrogen-bond acceptors (Lipinski definition) is 5. The molecular weight excluding hydrogens is 392 g/mol. The molecule has 7 nitrogen and oxygen atoms in total. The van der Waals surface area contributed by atoms with Gasteiger partial charge in [-0.1, -0.05) is 31.0 Å². The van der Waals surface area contributed by atoms with E-state index in [1.165, 1.54) is 0 Å². The summed E-state index contributed by atoms with van der Waals surface area (Å²) < 4.78 is 5.34. The Morgan fingerprint density at radius 2 is 1.81 bits per heavy atom. The summed E-state index contributed by atoms with van der Waals surface area (Å²) in [6.45, 7) is 6.17. The van der Waals surface area contributed by atoms with Gasteiger partial charge in [-0.05, 0) is 51.3 Å². The van der Waals surface area contributed by atoms with Gasteiger partial charge in [-0.15, -0.1) is 0 Å². The van der Waals surface area contributed by atoms with Crippen molar-refractivity contribution < 1.29 is 14.3 Å². The number of amides is 2. The first kappa shape index (κ1) is 22.8. The monoisotopic (exact) mass is 426 g/mol. The predicted octanol–water partition coefficient (Wildman–Crippen LogP) is 4.00. The lowest BCUT2D eigenvalue weighted by molar-refractivity contribution is -0.130. The third-order valence-corrected chi connectivity index (χ3v) is 5.70. The van der Waals surface area contributed by atoms with Gasteiger partial charge in [-0.2, -0.15) is 0 Å². The number of fused-ring (bicyclic) bond motifs is 1. The van der Waals surface area contributed by atoms with Gasteiger partial charge < -0.3 is 20.3 Å². The summed E-state index contributed by atoms with van der Waals surface area (Å²) in [5, 5.41) is 6.98. The van der Waals surface area contributed by atoms with Crippen molar-refractivity contribution in [2.24, 2.45) is 5.41 Å². The van der Waals surface area contributed by atoms with Gasteiger partial charge in [0.05, 0.1) is 10.9 Å². The number of benzene rings is 1. The predicted molar refractivity (Wildman–Crippen MR) is 123 cm³/mol. The maximum absolute atomic E-state index is 13.3. The Morgan fingerprint density at radius 3 is 2.45 bits per heavy atom. The number of carbonyl (C=O) groups excluding carboxylic acids is 2. The molecule has 0 aliphatic heterocycles. The Morgan fingerprint density at radius 1 is 1.13 bits per heavy atom. The van der Waals surface area contributed by atoms with Crippen LogP contribution in [-0.4, -0.2) is 43.2 Å². The van der Waals surface area contributed by atoms with Crippen LogP contribution in [0.4, 0.5) is 10.6 Å². The van der Waals surface area contributed by atoms with Crippen molar-refractivity contribution >= 4 is 28.7 Å². The SMILES string of the molecule is CN(C)c1cc(CNC(=O)C2(CNC(=O)OC(C)(C)C)CCCC2)c2ccccc2n1. The van der Waals surface area contributed by atoms with E-state index < -0.39 is 17.1 Å². The van der Waals surface area contributed by atoms with E-state index in [0.29, 0.717) is 6.54 Å². The smallest absolute Gasteiger partial charge is 0.407 e. The summed E-state index contributed by atoms with van der Waals surface area (Å²) >= 11 is 0. The highest BCUT2D eigenvalue weighted by Gasteiger charge is 2.41. The van der Waals surface area contributed by atoms with Gasteiger partial charge in [0.15, 0.2) is 0 Å². The zero-order valence-electron chi connectivity index (χ0n) is 19.2. The third-order valence-electron chi connectivity index (χ3n) is 5.70. The molecule has 1 saturated carbocycles. The van der Waals surface area contributed by atoms with Gasteiger partial charge in [-0.25, -0.2) is 9.78 Å². The molecule has 0 unspecified atom stereocenters.